The highest BCUT2D eigenvalue weighted by atomic mass is 32.2. The van der Waals surface area contributed by atoms with Crippen LogP contribution in [0.2, 0.25) is 0 Å². The zero-order chi connectivity index (χ0) is 13.2. The molecular formula is C15H25NOS. The fourth-order valence-electron chi connectivity index (χ4n) is 1.56. The van der Waals surface area contributed by atoms with Gasteiger partial charge in [0.25, 0.3) is 0 Å². The molecule has 0 saturated heterocycles. The molecule has 1 aromatic rings. The average molecular weight is 267 g/mol. The molecular weight excluding hydrogens is 242 g/mol. The van der Waals surface area contributed by atoms with Gasteiger partial charge in [-0.05, 0) is 31.0 Å². The van der Waals surface area contributed by atoms with Crippen LogP contribution in [0.1, 0.15) is 32.8 Å². The van der Waals surface area contributed by atoms with Crippen LogP contribution in [-0.4, -0.2) is 25.0 Å². The summed E-state index contributed by atoms with van der Waals surface area (Å²) in [6.45, 7) is 9.03. The van der Waals surface area contributed by atoms with Crippen molar-refractivity contribution in [3.8, 4) is 0 Å². The first kappa shape index (κ1) is 15.5. The molecule has 0 aliphatic heterocycles. The molecule has 2 nitrogen and oxygen atoms in total. The normalized spacial score (nSPS) is 11.1. The molecule has 0 aromatic heterocycles. The first-order valence-electron chi connectivity index (χ1n) is 6.75. The monoisotopic (exact) mass is 267 g/mol. The third kappa shape index (κ3) is 7.04. The highest BCUT2D eigenvalue weighted by molar-refractivity contribution is 7.99. The zero-order valence-corrected chi connectivity index (χ0v) is 12.6. The number of rotatable bonds is 9. The van der Waals surface area contributed by atoms with Gasteiger partial charge in [-0.3, -0.25) is 0 Å². The van der Waals surface area contributed by atoms with Crippen molar-refractivity contribution >= 4 is 11.8 Å². The fourth-order valence-corrected chi connectivity index (χ4v) is 2.47. The molecule has 102 valence electrons. The predicted octanol–water partition coefficient (Wildman–Crippen LogP) is 3.70. The lowest BCUT2D eigenvalue weighted by Gasteiger charge is -2.09. The van der Waals surface area contributed by atoms with Crippen molar-refractivity contribution in [2.24, 2.45) is 0 Å². The Morgan fingerprint density at radius 2 is 2.17 bits per heavy atom. The lowest BCUT2D eigenvalue weighted by atomic mass is 10.2. The summed E-state index contributed by atoms with van der Waals surface area (Å²) >= 11 is 1.91. The van der Waals surface area contributed by atoms with E-state index < -0.39 is 0 Å². The maximum absolute atomic E-state index is 5.34. The van der Waals surface area contributed by atoms with Gasteiger partial charge in [-0.2, -0.15) is 0 Å². The maximum atomic E-state index is 5.34. The van der Waals surface area contributed by atoms with Gasteiger partial charge in [0.1, 0.15) is 0 Å². The van der Waals surface area contributed by atoms with E-state index in [0.29, 0.717) is 6.04 Å². The van der Waals surface area contributed by atoms with Crippen molar-refractivity contribution in [3.05, 3.63) is 29.8 Å². The molecule has 0 spiro atoms. The van der Waals surface area contributed by atoms with Gasteiger partial charge in [0.2, 0.25) is 0 Å². The van der Waals surface area contributed by atoms with E-state index in [1.807, 2.05) is 18.7 Å². The van der Waals surface area contributed by atoms with Gasteiger partial charge in [0, 0.05) is 36.4 Å². The number of hydrogen-bond acceptors (Lipinski definition) is 3. The molecule has 0 radical (unpaired) electrons. The molecule has 0 bridgehead atoms. The van der Waals surface area contributed by atoms with Crippen LogP contribution in [0.4, 0.5) is 0 Å². The predicted molar refractivity (Wildman–Crippen MR) is 80.3 cm³/mol. The van der Waals surface area contributed by atoms with Gasteiger partial charge in [-0.25, -0.2) is 0 Å². The molecule has 0 aliphatic carbocycles. The van der Waals surface area contributed by atoms with Crippen LogP contribution in [0.25, 0.3) is 0 Å². The summed E-state index contributed by atoms with van der Waals surface area (Å²) in [4.78, 5) is 1.36. The highest BCUT2D eigenvalue weighted by Crippen LogP contribution is 2.20. The van der Waals surface area contributed by atoms with Crippen LogP contribution in [-0.2, 0) is 11.3 Å². The second kappa shape index (κ2) is 9.42. The zero-order valence-electron chi connectivity index (χ0n) is 11.7. The van der Waals surface area contributed by atoms with Gasteiger partial charge < -0.3 is 10.1 Å². The summed E-state index contributed by atoms with van der Waals surface area (Å²) < 4.78 is 5.34. The van der Waals surface area contributed by atoms with E-state index in [2.05, 4.69) is 43.4 Å². The fraction of sp³-hybridized carbons (Fsp3) is 0.600. The molecule has 3 heteroatoms. The summed E-state index contributed by atoms with van der Waals surface area (Å²) in [6.07, 6.45) is 1.12. The summed E-state index contributed by atoms with van der Waals surface area (Å²) in [5.41, 5.74) is 1.36. The van der Waals surface area contributed by atoms with Crippen LogP contribution in [0.3, 0.4) is 0 Å². The molecule has 0 heterocycles. The Hall–Kier alpha value is -0.510. The molecule has 1 rings (SSSR count). The van der Waals surface area contributed by atoms with E-state index in [0.717, 1.165) is 31.9 Å². The van der Waals surface area contributed by atoms with Crippen LogP contribution in [0.5, 0.6) is 0 Å². The van der Waals surface area contributed by atoms with Crippen LogP contribution in [0.15, 0.2) is 29.2 Å². The first-order valence-corrected chi connectivity index (χ1v) is 7.73. The van der Waals surface area contributed by atoms with Gasteiger partial charge in [-0.1, -0.05) is 26.0 Å². The molecule has 1 N–H and O–H groups in total. The second-order valence-corrected chi connectivity index (χ2v) is 5.75. The molecule has 0 atom stereocenters. The van der Waals surface area contributed by atoms with Crippen LogP contribution >= 0.6 is 11.8 Å². The summed E-state index contributed by atoms with van der Waals surface area (Å²) in [5, 5.41) is 3.44. The van der Waals surface area contributed by atoms with Crippen LogP contribution in [0, 0.1) is 0 Å². The average Bonchev–Trinajstić information content (AvgIpc) is 2.37. The van der Waals surface area contributed by atoms with Crippen molar-refractivity contribution in [3.63, 3.8) is 0 Å². The minimum atomic E-state index is 0.535. The second-order valence-electron chi connectivity index (χ2n) is 4.58. The third-order valence-electron chi connectivity index (χ3n) is 2.52. The van der Waals surface area contributed by atoms with E-state index >= 15 is 0 Å². The number of thioether (sulfide) groups is 1. The van der Waals surface area contributed by atoms with Crippen molar-refractivity contribution in [1.82, 2.24) is 5.32 Å². The Kier molecular flexibility index (Phi) is 8.14. The molecule has 0 unspecified atom stereocenters. The van der Waals surface area contributed by atoms with Crippen molar-refractivity contribution in [2.45, 2.75) is 44.7 Å². The molecule has 0 fully saturated rings. The van der Waals surface area contributed by atoms with Crippen LogP contribution < -0.4 is 5.32 Å². The van der Waals surface area contributed by atoms with E-state index in [1.54, 1.807) is 0 Å². The molecule has 1 aromatic carbocycles. The van der Waals surface area contributed by atoms with Crippen molar-refractivity contribution in [1.29, 1.82) is 0 Å². The molecule has 0 amide bonds. The SMILES string of the molecule is CCOCCCSc1cccc(CNC(C)C)c1. The smallest absolute Gasteiger partial charge is 0.0473 e. The Bertz CT molecular complexity index is 328. The standard InChI is InChI=1S/C15H25NOS/c1-4-17-9-6-10-18-15-8-5-7-14(11-15)12-16-13(2)3/h5,7-8,11,13,16H,4,6,9-10,12H2,1-3H3. The maximum Gasteiger partial charge on any atom is 0.0473 e. The number of nitrogens with one attached hydrogen (secondary N) is 1. The summed E-state index contributed by atoms with van der Waals surface area (Å²) in [5.74, 6) is 1.13. The van der Waals surface area contributed by atoms with Gasteiger partial charge in [0.15, 0.2) is 0 Å². The minimum Gasteiger partial charge on any atom is -0.382 e. The molecule has 0 saturated carbocycles. The van der Waals surface area contributed by atoms with E-state index in [1.165, 1.54) is 10.5 Å². The topological polar surface area (TPSA) is 21.3 Å². The van der Waals surface area contributed by atoms with Crippen molar-refractivity contribution in [2.75, 3.05) is 19.0 Å². The number of ether oxygens (including phenoxy) is 1. The van der Waals surface area contributed by atoms with E-state index in [-0.39, 0.29) is 0 Å². The molecule has 0 aliphatic rings. The third-order valence-corrected chi connectivity index (χ3v) is 3.60. The molecule has 18 heavy (non-hydrogen) atoms. The van der Waals surface area contributed by atoms with Gasteiger partial charge in [-0.15, -0.1) is 11.8 Å². The summed E-state index contributed by atoms with van der Waals surface area (Å²) in [7, 11) is 0. The lowest BCUT2D eigenvalue weighted by Crippen LogP contribution is -2.21. The number of benzene rings is 1. The van der Waals surface area contributed by atoms with E-state index in [9.17, 15) is 0 Å². The Morgan fingerprint density at radius 3 is 2.89 bits per heavy atom. The number of hydrogen-bond donors (Lipinski definition) is 1. The summed E-state index contributed by atoms with van der Waals surface area (Å²) in [6, 6.07) is 9.32. The van der Waals surface area contributed by atoms with Crippen molar-refractivity contribution < 1.29 is 4.74 Å². The Balaban J connectivity index is 2.30. The minimum absolute atomic E-state index is 0.535. The quantitative estimate of drug-likeness (QED) is 0.544. The lowest BCUT2D eigenvalue weighted by molar-refractivity contribution is 0.149. The largest absolute Gasteiger partial charge is 0.382 e. The Labute approximate surface area is 116 Å². The van der Waals surface area contributed by atoms with Gasteiger partial charge in [0.05, 0.1) is 0 Å². The first-order chi connectivity index (χ1) is 8.72. The van der Waals surface area contributed by atoms with E-state index in [4.69, 9.17) is 4.74 Å². The van der Waals surface area contributed by atoms with Gasteiger partial charge >= 0.3 is 0 Å². The Morgan fingerprint density at radius 1 is 1.33 bits per heavy atom. The highest BCUT2D eigenvalue weighted by Gasteiger charge is 1.98.